The standard InChI is InChI=1S/C28H59N.ClH/c1-5-7-25-28(6-2)26-23-21-19-17-15-13-11-9-8-10-12-14-16-18-20-22-24-27-29(3)4;/h28H,5-27H2,1-4H3;1H. The summed E-state index contributed by atoms with van der Waals surface area (Å²) in [5.41, 5.74) is 0. The van der Waals surface area contributed by atoms with Crippen molar-refractivity contribution in [2.24, 2.45) is 5.92 Å². The molecule has 0 aromatic heterocycles. The molecule has 0 aromatic rings. The molecule has 0 aromatic carbocycles. The van der Waals surface area contributed by atoms with Gasteiger partial charge in [-0.05, 0) is 33.0 Å². The fraction of sp³-hybridized carbons (Fsp3) is 1.00. The highest BCUT2D eigenvalue weighted by atomic mass is 35.5. The summed E-state index contributed by atoms with van der Waals surface area (Å²) in [6.07, 6.45) is 32.2. The number of hydrogen-bond acceptors (Lipinski definition) is 1. The summed E-state index contributed by atoms with van der Waals surface area (Å²) >= 11 is 0. The van der Waals surface area contributed by atoms with Crippen molar-refractivity contribution in [3.05, 3.63) is 0 Å². The zero-order valence-corrected chi connectivity index (χ0v) is 22.5. The van der Waals surface area contributed by atoms with Crippen LogP contribution < -0.4 is 0 Å². The van der Waals surface area contributed by atoms with Crippen molar-refractivity contribution in [1.82, 2.24) is 4.90 Å². The average Bonchev–Trinajstić information content (AvgIpc) is 2.71. The second-order valence-electron chi connectivity index (χ2n) is 10.0. The first-order valence-electron chi connectivity index (χ1n) is 13.8. The smallest absolute Gasteiger partial charge is 0.00248 e. The number of halogens is 1. The Labute approximate surface area is 199 Å². The molecular formula is C28H60ClN. The van der Waals surface area contributed by atoms with E-state index in [0.717, 1.165) is 5.92 Å². The Morgan fingerprint density at radius 1 is 0.467 bits per heavy atom. The van der Waals surface area contributed by atoms with Gasteiger partial charge < -0.3 is 4.90 Å². The molecule has 0 amide bonds. The molecule has 1 unspecified atom stereocenters. The molecule has 0 saturated heterocycles. The highest BCUT2D eigenvalue weighted by Crippen LogP contribution is 2.20. The lowest BCUT2D eigenvalue weighted by atomic mass is 9.93. The third kappa shape index (κ3) is 26.3. The monoisotopic (exact) mass is 445 g/mol. The van der Waals surface area contributed by atoms with Crippen molar-refractivity contribution < 1.29 is 0 Å². The van der Waals surface area contributed by atoms with E-state index in [1.54, 1.807) is 0 Å². The predicted molar refractivity (Wildman–Crippen MR) is 142 cm³/mol. The van der Waals surface area contributed by atoms with Gasteiger partial charge in [0.15, 0.2) is 0 Å². The Bertz CT molecular complexity index is 292. The molecule has 0 heterocycles. The Morgan fingerprint density at radius 2 is 0.800 bits per heavy atom. The molecule has 2 heteroatoms. The normalized spacial score (nSPS) is 12.3. The zero-order chi connectivity index (χ0) is 21.4. The minimum atomic E-state index is 0. The molecule has 184 valence electrons. The van der Waals surface area contributed by atoms with Crippen LogP contribution in [0.1, 0.15) is 155 Å². The van der Waals surface area contributed by atoms with E-state index >= 15 is 0 Å². The number of rotatable bonds is 24. The van der Waals surface area contributed by atoms with Crippen LogP contribution >= 0.6 is 12.4 Å². The third-order valence-electron chi connectivity index (χ3n) is 6.76. The van der Waals surface area contributed by atoms with E-state index in [9.17, 15) is 0 Å². The van der Waals surface area contributed by atoms with Crippen LogP contribution in [0.4, 0.5) is 0 Å². The molecule has 0 radical (unpaired) electrons. The van der Waals surface area contributed by atoms with Crippen molar-refractivity contribution in [3.63, 3.8) is 0 Å². The fourth-order valence-electron chi connectivity index (χ4n) is 4.56. The molecule has 0 spiro atoms. The Hall–Kier alpha value is 0.250. The molecule has 0 aliphatic heterocycles. The van der Waals surface area contributed by atoms with Crippen LogP contribution in [-0.4, -0.2) is 25.5 Å². The van der Waals surface area contributed by atoms with Gasteiger partial charge in [-0.15, -0.1) is 12.4 Å². The van der Waals surface area contributed by atoms with Gasteiger partial charge in [0.05, 0.1) is 0 Å². The molecule has 0 bridgehead atoms. The van der Waals surface area contributed by atoms with E-state index < -0.39 is 0 Å². The van der Waals surface area contributed by atoms with Gasteiger partial charge in [0.2, 0.25) is 0 Å². The first kappa shape index (κ1) is 32.4. The summed E-state index contributed by atoms with van der Waals surface area (Å²) in [6, 6.07) is 0. The van der Waals surface area contributed by atoms with Crippen molar-refractivity contribution in [2.75, 3.05) is 20.6 Å². The lowest BCUT2D eigenvalue weighted by Gasteiger charge is -2.13. The minimum absolute atomic E-state index is 0. The van der Waals surface area contributed by atoms with E-state index in [1.165, 1.54) is 148 Å². The summed E-state index contributed by atoms with van der Waals surface area (Å²) in [4.78, 5) is 2.30. The number of nitrogens with zero attached hydrogens (tertiary/aromatic N) is 1. The third-order valence-corrected chi connectivity index (χ3v) is 6.76. The van der Waals surface area contributed by atoms with Crippen LogP contribution in [0.5, 0.6) is 0 Å². The maximum Gasteiger partial charge on any atom is -0.00248 e. The lowest BCUT2D eigenvalue weighted by Crippen LogP contribution is -2.12. The molecule has 0 N–H and O–H groups in total. The fourth-order valence-corrected chi connectivity index (χ4v) is 4.56. The maximum absolute atomic E-state index is 2.38. The van der Waals surface area contributed by atoms with Crippen molar-refractivity contribution in [1.29, 1.82) is 0 Å². The SMILES string of the molecule is CCCCC(CC)CCCCCCCCCCCCCCCCCCCN(C)C.Cl. The van der Waals surface area contributed by atoms with Gasteiger partial charge in [-0.25, -0.2) is 0 Å². The van der Waals surface area contributed by atoms with Gasteiger partial charge in [0.25, 0.3) is 0 Å². The van der Waals surface area contributed by atoms with Crippen LogP contribution in [0, 0.1) is 5.92 Å². The predicted octanol–water partition coefficient (Wildman–Crippen LogP) is 10.2. The summed E-state index contributed by atoms with van der Waals surface area (Å²) < 4.78 is 0. The Morgan fingerprint density at radius 3 is 1.13 bits per heavy atom. The molecule has 1 nitrogen and oxygen atoms in total. The average molecular weight is 446 g/mol. The van der Waals surface area contributed by atoms with E-state index in [2.05, 4.69) is 32.8 Å². The number of hydrogen-bond donors (Lipinski definition) is 0. The zero-order valence-electron chi connectivity index (χ0n) is 21.7. The molecule has 0 aliphatic rings. The second-order valence-corrected chi connectivity index (χ2v) is 10.0. The maximum atomic E-state index is 2.38. The van der Waals surface area contributed by atoms with Gasteiger partial charge in [-0.1, -0.05) is 149 Å². The largest absolute Gasteiger partial charge is 0.309 e. The molecule has 0 aliphatic carbocycles. The van der Waals surface area contributed by atoms with E-state index in [1.807, 2.05) is 0 Å². The first-order chi connectivity index (χ1) is 14.2. The molecule has 0 fully saturated rings. The van der Waals surface area contributed by atoms with Gasteiger partial charge in [-0.3, -0.25) is 0 Å². The van der Waals surface area contributed by atoms with E-state index in [4.69, 9.17) is 0 Å². The summed E-state index contributed by atoms with van der Waals surface area (Å²) in [5.74, 6) is 1.02. The van der Waals surface area contributed by atoms with Crippen LogP contribution in [0.2, 0.25) is 0 Å². The quantitative estimate of drug-likeness (QED) is 0.133. The molecule has 0 saturated carbocycles. The Balaban J connectivity index is 0. The van der Waals surface area contributed by atoms with Crippen molar-refractivity contribution >= 4 is 12.4 Å². The Kier molecular flexibility index (Phi) is 29.5. The highest BCUT2D eigenvalue weighted by Gasteiger charge is 2.05. The first-order valence-corrected chi connectivity index (χ1v) is 13.8. The van der Waals surface area contributed by atoms with Crippen LogP contribution in [0.25, 0.3) is 0 Å². The summed E-state index contributed by atoms with van der Waals surface area (Å²) in [5, 5.41) is 0. The molecular weight excluding hydrogens is 386 g/mol. The van der Waals surface area contributed by atoms with E-state index in [0.29, 0.717) is 0 Å². The van der Waals surface area contributed by atoms with Gasteiger partial charge in [-0.2, -0.15) is 0 Å². The molecule has 30 heavy (non-hydrogen) atoms. The number of unbranched alkanes of at least 4 members (excludes halogenated alkanes) is 17. The molecule has 0 rings (SSSR count). The van der Waals surface area contributed by atoms with Crippen molar-refractivity contribution in [2.45, 2.75) is 155 Å². The van der Waals surface area contributed by atoms with Gasteiger partial charge in [0, 0.05) is 0 Å². The minimum Gasteiger partial charge on any atom is -0.309 e. The topological polar surface area (TPSA) is 3.24 Å². The summed E-state index contributed by atoms with van der Waals surface area (Å²) in [7, 11) is 4.36. The lowest BCUT2D eigenvalue weighted by molar-refractivity contribution is 0.389. The second kappa shape index (κ2) is 27.3. The molecule has 1 atom stereocenters. The van der Waals surface area contributed by atoms with Crippen LogP contribution in [-0.2, 0) is 0 Å². The highest BCUT2D eigenvalue weighted by molar-refractivity contribution is 5.85. The van der Waals surface area contributed by atoms with Gasteiger partial charge in [0.1, 0.15) is 0 Å². The summed E-state index contributed by atoms with van der Waals surface area (Å²) in [6.45, 7) is 5.97. The van der Waals surface area contributed by atoms with Crippen molar-refractivity contribution in [3.8, 4) is 0 Å². The van der Waals surface area contributed by atoms with Gasteiger partial charge >= 0.3 is 0 Å². The van der Waals surface area contributed by atoms with E-state index in [-0.39, 0.29) is 12.4 Å². The van der Waals surface area contributed by atoms with Crippen LogP contribution in [0.15, 0.2) is 0 Å². The van der Waals surface area contributed by atoms with Crippen LogP contribution in [0.3, 0.4) is 0 Å².